The van der Waals surface area contributed by atoms with Crippen LogP contribution in [0.1, 0.15) is 0 Å². The van der Waals surface area contributed by atoms with Gasteiger partial charge in [-0.25, -0.2) is 29.9 Å². The van der Waals surface area contributed by atoms with Crippen LogP contribution in [-0.4, -0.2) is 39.9 Å². The number of hydrogen-bond donors (Lipinski definition) is 2. The molecule has 5 heterocycles. The predicted octanol–water partition coefficient (Wildman–Crippen LogP) is 13.5. The molecule has 0 saturated heterocycles. The first-order chi connectivity index (χ1) is 31.7. The number of rotatable bonds is 4. The van der Waals surface area contributed by atoms with E-state index in [0.717, 1.165) is 88.3 Å². The molecule has 65 heavy (non-hydrogen) atoms. The molecule has 8 aromatic carbocycles. The van der Waals surface area contributed by atoms with Gasteiger partial charge in [0.05, 0.1) is 0 Å². The summed E-state index contributed by atoms with van der Waals surface area (Å²) in [6.45, 7) is 0. The third-order valence-corrected chi connectivity index (χ3v) is 12.2. The molecular weight excluding hydrogens is 848 g/mol. The summed E-state index contributed by atoms with van der Waals surface area (Å²) in [5.74, 6) is 2.21. The molecule has 2 N–H and O–H groups in total. The number of fused-ring (bicyclic) bond motifs is 20. The van der Waals surface area contributed by atoms with Crippen LogP contribution in [0.25, 0.3) is 134 Å². The summed E-state index contributed by atoms with van der Waals surface area (Å²) in [5.41, 5.74) is 14.6. The summed E-state index contributed by atoms with van der Waals surface area (Å²) in [7, 11) is 0. The molecule has 308 valence electrons. The van der Waals surface area contributed by atoms with Crippen molar-refractivity contribution in [1.29, 1.82) is 0 Å². The third-order valence-electron chi connectivity index (χ3n) is 12.2. The number of hydrogen-bond acceptors (Lipinski definition) is 6. The van der Waals surface area contributed by atoms with Gasteiger partial charge in [0.1, 0.15) is 22.6 Å². The minimum Gasteiger partial charge on any atom is -0.324 e. The van der Waals surface area contributed by atoms with E-state index in [4.69, 9.17) is 29.9 Å². The molecule has 0 spiro atoms. The zero-order valence-electron chi connectivity index (χ0n) is 34.5. The second-order valence-corrected chi connectivity index (χ2v) is 16.0. The van der Waals surface area contributed by atoms with Crippen molar-refractivity contribution < 1.29 is 17.1 Å². The molecule has 0 radical (unpaired) electrons. The van der Waals surface area contributed by atoms with Gasteiger partial charge < -0.3 is 9.97 Å². The molecule has 0 unspecified atom stereocenters. The Morgan fingerprint density at radius 2 is 0.508 bits per heavy atom. The Morgan fingerprint density at radius 1 is 0.246 bits per heavy atom. The molecule has 0 fully saturated rings. The van der Waals surface area contributed by atoms with Gasteiger partial charge in [0.2, 0.25) is 0 Å². The molecule has 2 aliphatic heterocycles. The first kappa shape index (κ1) is 38.3. The third kappa shape index (κ3) is 6.20. The van der Waals surface area contributed by atoms with Crippen LogP contribution in [0.15, 0.2) is 194 Å². The fraction of sp³-hybridized carbons (Fsp3) is 0. The maximum absolute atomic E-state index is 5.57. The minimum absolute atomic E-state index is 0. The second-order valence-electron chi connectivity index (χ2n) is 16.0. The van der Waals surface area contributed by atoms with E-state index in [-0.39, 0.29) is 17.1 Å². The quantitative estimate of drug-likeness (QED) is 0.170. The summed E-state index contributed by atoms with van der Waals surface area (Å²) >= 11 is 0. The molecule has 9 heteroatoms. The average Bonchev–Trinajstić information content (AvgIpc) is 4.10. The van der Waals surface area contributed by atoms with Crippen LogP contribution in [0.3, 0.4) is 0 Å². The van der Waals surface area contributed by atoms with Crippen molar-refractivity contribution in [2.24, 2.45) is 0 Å². The number of benzene rings is 8. The standard InChI is InChI=1S/C56H34N8.Cu/c1-5-19-33(20-6-1)43-44(34-21-7-2-8-22-34)46(36-25-11-4-12-26-36)48-47(45(43)35-23-9-3-10-24-35)55-62-53-41-31-17-15-29-39(41)51(60-53)58-49-37-27-13-14-28-38(37)50(57-49)59-52-40-30-16-18-32-42(40)54(61-52)63-56(48)64-55;/h1-32H,(H2,57,58,59,60,61,62,63,64);/q;+1. The van der Waals surface area contributed by atoms with Gasteiger partial charge >= 0.3 is 17.1 Å². The summed E-state index contributed by atoms with van der Waals surface area (Å²) in [4.78, 5) is 39.5. The number of nitrogens with one attached hydrogen (secondary N) is 2. The molecular formula is C56H34CuN8+. The van der Waals surface area contributed by atoms with E-state index in [1.165, 1.54) is 0 Å². The molecule has 8 nitrogen and oxygen atoms in total. The van der Waals surface area contributed by atoms with Crippen molar-refractivity contribution in [3.63, 3.8) is 0 Å². The molecule has 3 aromatic heterocycles. The molecule has 0 atom stereocenters. The van der Waals surface area contributed by atoms with Crippen LogP contribution in [0.5, 0.6) is 0 Å². The Kier molecular flexibility index (Phi) is 9.12. The predicted molar refractivity (Wildman–Crippen MR) is 258 cm³/mol. The first-order valence-corrected chi connectivity index (χ1v) is 21.3. The van der Waals surface area contributed by atoms with E-state index in [1.807, 2.05) is 36.4 Å². The zero-order chi connectivity index (χ0) is 42.1. The van der Waals surface area contributed by atoms with E-state index in [0.29, 0.717) is 45.9 Å². The van der Waals surface area contributed by atoms with Crippen molar-refractivity contribution in [3.8, 4) is 90.1 Å². The number of H-pyrrole nitrogens is 2. The van der Waals surface area contributed by atoms with Gasteiger partial charge in [-0.15, -0.1) is 0 Å². The second kappa shape index (κ2) is 15.5. The Labute approximate surface area is 383 Å². The zero-order valence-corrected chi connectivity index (χ0v) is 35.4. The van der Waals surface area contributed by atoms with Crippen LogP contribution < -0.4 is 0 Å². The number of aromatic amines is 2. The van der Waals surface area contributed by atoms with Crippen LogP contribution >= 0.6 is 0 Å². The largest absolute Gasteiger partial charge is 1.00 e. The van der Waals surface area contributed by atoms with Crippen LogP contribution in [0, 0.1) is 0 Å². The number of aromatic nitrogens is 8. The molecule has 13 rings (SSSR count). The monoisotopic (exact) mass is 881 g/mol. The molecule has 2 aliphatic rings. The topological polar surface area (TPSA) is 109 Å². The van der Waals surface area contributed by atoms with E-state index in [1.54, 1.807) is 0 Å². The maximum atomic E-state index is 5.57. The van der Waals surface area contributed by atoms with Crippen LogP contribution in [-0.2, 0) is 17.1 Å². The van der Waals surface area contributed by atoms with Crippen molar-refractivity contribution >= 4 is 44.1 Å². The van der Waals surface area contributed by atoms with E-state index in [9.17, 15) is 0 Å². The molecule has 0 saturated carbocycles. The van der Waals surface area contributed by atoms with Crippen molar-refractivity contribution in [2.45, 2.75) is 0 Å². The van der Waals surface area contributed by atoms with Crippen molar-refractivity contribution in [2.75, 3.05) is 0 Å². The molecule has 8 bridgehead atoms. The normalized spacial score (nSPS) is 11.6. The molecule has 0 aliphatic carbocycles. The first-order valence-electron chi connectivity index (χ1n) is 21.3. The van der Waals surface area contributed by atoms with Crippen LogP contribution in [0.4, 0.5) is 0 Å². The van der Waals surface area contributed by atoms with E-state index in [2.05, 4.69) is 168 Å². The smallest absolute Gasteiger partial charge is 0.324 e. The Morgan fingerprint density at radius 3 is 0.846 bits per heavy atom. The van der Waals surface area contributed by atoms with E-state index < -0.39 is 0 Å². The Hall–Kier alpha value is -8.36. The number of nitrogens with zero attached hydrogens (tertiary/aromatic N) is 6. The minimum atomic E-state index is 0. The van der Waals surface area contributed by atoms with Gasteiger partial charge in [0.25, 0.3) is 0 Å². The van der Waals surface area contributed by atoms with Gasteiger partial charge in [-0.05, 0) is 33.4 Å². The summed E-state index contributed by atoms with van der Waals surface area (Å²) in [5, 5.41) is 3.69. The van der Waals surface area contributed by atoms with Gasteiger partial charge in [-0.1, -0.05) is 194 Å². The summed E-state index contributed by atoms with van der Waals surface area (Å²) < 4.78 is 0. The Bertz CT molecular complexity index is 3580. The fourth-order valence-electron chi connectivity index (χ4n) is 9.47. The fourth-order valence-corrected chi connectivity index (χ4v) is 9.47. The van der Waals surface area contributed by atoms with Gasteiger partial charge in [0, 0.05) is 54.9 Å². The van der Waals surface area contributed by atoms with E-state index >= 15 is 0 Å². The van der Waals surface area contributed by atoms with Gasteiger partial charge in [-0.3, -0.25) is 0 Å². The van der Waals surface area contributed by atoms with Crippen molar-refractivity contribution in [1.82, 2.24) is 39.9 Å². The van der Waals surface area contributed by atoms with Gasteiger partial charge in [0.15, 0.2) is 23.3 Å². The van der Waals surface area contributed by atoms with Crippen LogP contribution in [0.2, 0.25) is 0 Å². The maximum Gasteiger partial charge on any atom is 1.00 e. The van der Waals surface area contributed by atoms with Gasteiger partial charge in [-0.2, -0.15) is 0 Å². The summed E-state index contributed by atoms with van der Waals surface area (Å²) in [6.07, 6.45) is 0. The Balaban J connectivity index is 0.00000444. The molecule has 11 aromatic rings. The van der Waals surface area contributed by atoms with Crippen molar-refractivity contribution in [3.05, 3.63) is 194 Å². The average molecular weight is 882 g/mol. The summed E-state index contributed by atoms with van der Waals surface area (Å²) in [6, 6.07) is 67.1. The molecule has 0 amide bonds. The SMILES string of the molecule is [Cu+].c1ccc(-c2c(-c3ccccc3)c(-c3ccccc3)c3c4nc5nc(nc6[nH]c(nc7nc(nc([nH]4)c3c2-c2ccccc2)-c2ccccc2-7)c2ccccc62)-c2ccccc2-5)cc1.